The first-order valence-corrected chi connectivity index (χ1v) is 9.74. The lowest BCUT2D eigenvalue weighted by Crippen LogP contribution is -2.36. The summed E-state index contributed by atoms with van der Waals surface area (Å²) < 4.78 is 0. The molecule has 1 amide bonds. The molecule has 0 aliphatic carbocycles. The third-order valence-electron chi connectivity index (χ3n) is 4.91. The first-order valence-electron chi connectivity index (χ1n) is 9.74. The van der Waals surface area contributed by atoms with E-state index in [9.17, 15) is 4.79 Å². The molecular formula is C23H21N5O. The van der Waals surface area contributed by atoms with Crippen LogP contribution < -0.4 is 5.32 Å². The summed E-state index contributed by atoms with van der Waals surface area (Å²) in [5, 5.41) is 12.2. The second kappa shape index (κ2) is 8.53. The van der Waals surface area contributed by atoms with E-state index < -0.39 is 0 Å². The van der Waals surface area contributed by atoms with E-state index in [1.165, 1.54) is 0 Å². The van der Waals surface area contributed by atoms with Crippen LogP contribution in [-0.4, -0.2) is 33.9 Å². The van der Waals surface area contributed by atoms with E-state index in [1.807, 2.05) is 47.4 Å². The molecule has 2 aromatic carbocycles. The van der Waals surface area contributed by atoms with Crippen molar-refractivity contribution in [3.63, 3.8) is 0 Å². The lowest BCUT2D eigenvalue weighted by atomic mass is 10.1. The first kappa shape index (κ1) is 18.6. The van der Waals surface area contributed by atoms with Crippen molar-refractivity contribution in [2.75, 3.05) is 18.4 Å². The van der Waals surface area contributed by atoms with Gasteiger partial charge in [0.2, 0.25) is 0 Å². The highest BCUT2D eigenvalue weighted by molar-refractivity contribution is 5.93. The van der Waals surface area contributed by atoms with Gasteiger partial charge in [0.05, 0.1) is 11.6 Å². The molecule has 0 atom stereocenters. The summed E-state index contributed by atoms with van der Waals surface area (Å²) in [6.07, 6.45) is 3.21. The smallest absolute Gasteiger partial charge is 0.272 e. The molecule has 0 spiro atoms. The van der Waals surface area contributed by atoms with Gasteiger partial charge in [-0.1, -0.05) is 30.3 Å². The minimum absolute atomic E-state index is 0.0628. The number of aromatic nitrogens is 2. The van der Waals surface area contributed by atoms with Crippen LogP contribution in [0.1, 0.15) is 35.3 Å². The molecule has 0 radical (unpaired) electrons. The van der Waals surface area contributed by atoms with E-state index in [1.54, 1.807) is 18.2 Å². The molecule has 29 heavy (non-hydrogen) atoms. The van der Waals surface area contributed by atoms with E-state index in [0.29, 0.717) is 22.9 Å². The third kappa shape index (κ3) is 4.41. The quantitative estimate of drug-likeness (QED) is 0.723. The average molecular weight is 383 g/mol. The number of anilines is 2. The molecule has 144 valence electrons. The number of hydrogen-bond acceptors (Lipinski definition) is 5. The molecule has 4 rings (SSSR count). The number of nitrogens with one attached hydrogen (secondary N) is 1. The molecule has 1 aliphatic heterocycles. The summed E-state index contributed by atoms with van der Waals surface area (Å²) >= 11 is 0. The molecular weight excluding hydrogens is 362 g/mol. The van der Waals surface area contributed by atoms with E-state index >= 15 is 0 Å². The van der Waals surface area contributed by atoms with Crippen molar-refractivity contribution in [3.8, 4) is 17.5 Å². The van der Waals surface area contributed by atoms with Crippen molar-refractivity contribution >= 4 is 17.4 Å². The van der Waals surface area contributed by atoms with E-state index in [0.717, 1.165) is 43.6 Å². The summed E-state index contributed by atoms with van der Waals surface area (Å²) in [5.74, 6) is 0.987. The number of carbonyl (C=O) groups is 1. The van der Waals surface area contributed by atoms with Crippen molar-refractivity contribution in [2.24, 2.45) is 0 Å². The topological polar surface area (TPSA) is 81.9 Å². The van der Waals surface area contributed by atoms with Crippen LogP contribution >= 0.6 is 0 Å². The number of nitriles is 1. The predicted octanol–water partition coefficient (Wildman–Crippen LogP) is 4.38. The van der Waals surface area contributed by atoms with Crippen LogP contribution in [0.5, 0.6) is 0 Å². The van der Waals surface area contributed by atoms with Gasteiger partial charge in [-0.25, -0.2) is 9.97 Å². The van der Waals surface area contributed by atoms with Gasteiger partial charge in [-0.05, 0) is 43.5 Å². The molecule has 1 saturated heterocycles. The van der Waals surface area contributed by atoms with E-state index in [-0.39, 0.29) is 5.91 Å². The Bertz CT molecular complexity index is 1040. The fourth-order valence-electron chi connectivity index (χ4n) is 3.37. The van der Waals surface area contributed by atoms with Crippen LogP contribution in [0.15, 0.2) is 60.7 Å². The normalized spacial score (nSPS) is 13.6. The Morgan fingerprint density at radius 2 is 1.69 bits per heavy atom. The minimum Gasteiger partial charge on any atom is -0.340 e. The van der Waals surface area contributed by atoms with Crippen LogP contribution in [-0.2, 0) is 0 Å². The molecule has 6 heteroatoms. The number of piperidine rings is 1. The highest BCUT2D eigenvalue weighted by Crippen LogP contribution is 2.22. The molecule has 1 aliphatic rings. The number of carbonyl (C=O) groups excluding carboxylic acids is 1. The fourth-order valence-corrected chi connectivity index (χ4v) is 3.37. The van der Waals surface area contributed by atoms with Crippen molar-refractivity contribution < 1.29 is 4.79 Å². The van der Waals surface area contributed by atoms with Gasteiger partial charge in [-0.2, -0.15) is 5.26 Å². The van der Waals surface area contributed by atoms with Crippen molar-refractivity contribution in [1.82, 2.24) is 14.9 Å². The Hall–Kier alpha value is -3.72. The minimum atomic E-state index is -0.0628. The lowest BCUT2D eigenvalue weighted by molar-refractivity contribution is 0.0718. The molecule has 1 N–H and O–H groups in total. The van der Waals surface area contributed by atoms with Crippen LogP contribution in [0.4, 0.5) is 11.5 Å². The molecule has 1 aromatic heterocycles. The van der Waals surface area contributed by atoms with Crippen molar-refractivity contribution in [1.29, 1.82) is 5.26 Å². The van der Waals surface area contributed by atoms with Gasteiger partial charge in [-0.3, -0.25) is 4.79 Å². The number of hydrogen-bond donors (Lipinski definition) is 1. The Morgan fingerprint density at radius 3 is 2.38 bits per heavy atom. The zero-order chi connectivity index (χ0) is 20.1. The third-order valence-corrected chi connectivity index (χ3v) is 4.91. The highest BCUT2D eigenvalue weighted by Gasteiger charge is 2.21. The maximum atomic E-state index is 13.0. The van der Waals surface area contributed by atoms with Crippen molar-refractivity contribution in [2.45, 2.75) is 19.3 Å². The van der Waals surface area contributed by atoms with Gasteiger partial charge in [0, 0.05) is 30.4 Å². The number of nitrogens with zero attached hydrogens (tertiary/aromatic N) is 4. The van der Waals surface area contributed by atoms with Gasteiger partial charge in [-0.15, -0.1) is 0 Å². The van der Waals surface area contributed by atoms with Gasteiger partial charge in [0.25, 0.3) is 5.91 Å². The summed E-state index contributed by atoms with van der Waals surface area (Å²) in [5.41, 5.74) is 2.61. The Kier molecular flexibility index (Phi) is 5.48. The summed E-state index contributed by atoms with van der Waals surface area (Å²) in [7, 11) is 0. The summed E-state index contributed by atoms with van der Waals surface area (Å²) in [6, 6.07) is 20.5. The monoisotopic (exact) mass is 383 g/mol. The van der Waals surface area contributed by atoms with Crippen LogP contribution in [0.3, 0.4) is 0 Å². The number of amides is 1. The molecule has 0 bridgehead atoms. The van der Waals surface area contributed by atoms with Gasteiger partial charge < -0.3 is 10.2 Å². The number of benzene rings is 2. The second-order valence-electron chi connectivity index (χ2n) is 7.00. The first-order chi connectivity index (χ1) is 14.2. The van der Waals surface area contributed by atoms with Crippen LogP contribution in [0.2, 0.25) is 0 Å². The SMILES string of the molecule is N#Cc1ccc(Nc2cc(C(=O)N3CCCCC3)nc(-c3ccccc3)n2)cc1. The Morgan fingerprint density at radius 1 is 0.966 bits per heavy atom. The zero-order valence-corrected chi connectivity index (χ0v) is 16.0. The predicted molar refractivity (Wildman–Crippen MR) is 112 cm³/mol. The Labute approximate surface area is 169 Å². The number of likely N-dealkylation sites (tertiary alicyclic amines) is 1. The van der Waals surface area contributed by atoms with Gasteiger partial charge >= 0.3 is 0 Å². The fraction of sp³-hybridized carbons (Fsp3) is 0.217. The van der Waals surface area contributed by atoms with Crippen LogP contribution in [0.25, 0.3) is 11.4 Å². The highest BCUT2D eigenvalue weighted by atomic mass is 16.2. The second-order valence-corrected chi connectivity index (χ2v) is 7.00. The van der Waals surface area contributed by atoms with Gasteiger partial charge in [0.15, 0.2) is 5.82 Å². The zero-order valence-electron chi connectivity index (χ0n) is 16.0. The standard InChI is InChI=1S/C23H21N5O/c24-16-17-9-11-19(12-10-17)25-21-15-20(23(29)28-13-5-2-6-14-28)26-22(27-21)18-7-3-1-4-8-18/h1,3-4,7-12,15H,2,5-6,13-14H2,(H,25,26,27). The van der Waals surface area contributed by atoms with Crippen LogP contribution in [0, 0.1) is 11.3 Å². The Balaban J connectivity index is 1.69. The molecule has 6 nitrogen and oxygen atoms in total. The van der Waals surface area contributed by atoms with Gasteiger partial charge in [0.1, 0.15) is 11.5 Å². The maximum Gasteiger partial charge on any atom is 0.272 e. The molecule has 0 unspecified atom stereocenters. The maximum absolute atomic E-state index is 13.0. The largest absolute Gasteiger partial charge is 0.340 e. The average Bonchev–Trinajstić information content (AvgIpc) is 2.80. The van der Waals surface area contributed by atoms with Crippen molar-refractivity contribution in [3.05, 3.63) is 71.9 Å². The summed E-state index contributed by atoms with van der Waals surface area (Å²) in [6.45, 7) is 1.53. The molecule has 0 saturated carbocycles. The van der Waals surface area contributed by atoms with E-state index in [4.69, 9.17) is 5.26 Å². The molecule has 3 aromatic rings. The summed E-state index contributed by atoms with van der Waals surface area (Å²) in [4.78, 5) is 24.1. The molecule has 2 heterocycles. The number of rotatable bonds is 4. The lowest BCUT2D eigenvalue weighted by Gasteiger charge is -2.26. The van der Waals surface area contributed by atoms with E-state index in [2.05, 4.69) is 21.4 Å². The molecule has 1 fully saturated rings.